The average Bonchev–Trinajstić information content (AvgIpc) is 2.29. The van der Waals surface area contributed by atoms with Crippen molar-refractivity contribution in [3.63, 3.8) is 0 Å². The molecule has 0 unspecified atom stereocenters. The lowest BCUT2D eigenvalue weighted by Gasteiger charge is -2.24. The molecule has 0 heterocycles. The lowest BCUT2D eigenvalue weighted by Crippen LogP contribution is -2.37. The van der Waals surface area contributed by atoms with Crippen LogP contribution in [0.1, 0.15) is 38.3 Å². The van der Waals surface area contributed by atoms with Crippen LogP contribution in [0.2, 0.25) is 0 Å². The minimum Gasteiger partial charge on any atom is -0.380 e. The second-order valence-corrected chi connectivity index (χ2v) is 4.84. The first kappa shape index (κ1) is 13.2. The van der Waals surface area contributed by atoms with Crippen molar-refractivity contribution in [2.75, 3.05) is 7.11 Å². The molecule has 0 spiro atoms. The van der Waals surface area contributed by atoms with Crippen LogP contribution >= 0.6 is 0 Å². The summed E-state index contributed by atoms with van der Waals surface area (Å²) >= 11 is 0. The molecule has 0 aliphatic heterocycles. The summed E-state index contributed by atoms with van der Waals surface area (Å²) < 4.78 is 5.08. The Labute approximate surface area is 99.0 Å². The first-order valence-electron chi connectivity index (χ1n) is 5.89. The van der Waals surface area contributed by atoms with Crippen molar-refractivity contribution in [1.82, 2.24) is 5.32 Å². The van der Waals surface area contributed by atoms with Gasteiger partial charge in [0.15, 0.2) is 0 Å². The molecule has 2 nitrogen and oxygen atoms in total. The summed E-state index contributed by atoms with van der Waals surface area (Å²) in [4.78, 5) is 0. The summed E-state index contributed by atoms with van der Waals surface area (Å²) in [5, 5.41) is 3.55. The molecule has 16 heavy (non-hydrogen) atoms. The SMILES string of the molecule is CCC(C)(C)NCc1ccc(COC)cc1. The van der Waals surface area contributed by atoms with Crippen molar-refractivity contribution in [1.29, 1.82) is 0 Å². The molecule has 0 saturated heterocycles. The first-order chi connectivity index (χ1) is 7.57. The van der Waals surface area contributed by atoms with E-state index in [2.05, 4.69) is 50.4 Å². The molecule has 2 heteroatoms. The van der Waals surface area contributed by atoms with Gasteiger partial charge in [0.05, 0.1) is 6.61 Å². The lowest BCUT2D eigenvalue weighted by atomic mass is 10.0. The van der Waals surface area contributed by atoms with Gasteiger partial charge in [-0.3, -0.25) is 0 Å². The van der Waals surface area contributed by atoms with E-state index in [9.17, 15) is 0 Å². The van der Waals surface area contributed by atoms with Gasteiger partial charge in [0.1, 0.15) is 0 Å². The van der Waals surface area contributed by atoms with Crippen LogP contribution in [0.5, 0.6) is 0 Å². The molecule has 1 N–H and O–H groups in total. The normalized spacial score (nSPS) is 11.8. The highest BCUT2D eigenvalue weighted by Gasteiger charge is 2.12. The number of hydrogen-bond donors (Lipinski definition) is 1. The summed E-state index contributed by atoms with van der Waals surface area (Å²) in [7, 11) is 1.72. The van der Waals surface area contributed by atoms with Crippen LogP contribution in [0.4, 0.5) is 0 Å². The molecule has 0 atom stereocenters. The predicted molar refractivity (Wildman–Crippen MR) is 68.4 cm³/mol. The zero-order valence-corrected chi connectivity index (χ0v) is 10.8. The number of nitrogens with one attached hydrogen (secondary N) is 1. The van der Waals surface area contributed by atoms with E-state index in [0.717, 1.165) is 13.0 Å². The van der Waals surface area contributed by atoms with Crippen LogP contribution < -0.4 is 5.32 Å². The third-order valence-corrected chi connectivity index (χ3v) is 2.99. The molecule has 0 aliphatic carbocycles. The van der Waals surface area contributed by atoms with Gasteiger partial charge in [-0.25, -0.2) is 0 Å². The molecule has 90 valence electrons. The molecule has 0 fully saturated rings. The second-order valence-electron chi connectivity index (χ2n) is 4.84. The van der Waals surface area contributed by atoms with Crippen LogP contribution in [0.25, 0.3) is 0 Å². The summed E-state index contributed by atoms with van der Waals surface area (Å²) in [6.45, 7) is 8.27. The molecule has 0 bridgehead atoms. The summed E-state index contributed by atoms with van der Waals surface area (Å²) in [6.07, 6.45) is 1.13. The fourth-order valence-electron chi connectivity index (χ4n) is 1.39. The van der Waals surface area contributed by atoms with Crippen LogP contribution in [0.15, 0.2) is 24.3 Å². The zero-order valence-electron chi connectivity index (χ0n) is 10.8. The lowest BCUT2D eigenvalue weighted by molar-refractivity contribution is 0.185. The van der Waals surface area contributed by atoms with E-state index in [-0.39, 0.29) is 5.54 Å². The Morgan fingerprint density at radius 2 is 1.69 bits per heavy atom. The molecule has 0 aliphatic rings. The summed E-state index contributed by atoms with van der Waals surface area (Å²) in [5.74, 6) is 0. The molecular weight excluding hydrogens is 198 g/mol. The fourth-order valence-corrected chi connectivity index (χ4v) is 1.39. The van der Waals surface area contributed by atoms with Crippen LogP contribution in [0, 0.1) is 0 Å². The molecule has 0 saturated carbocycles. The van der Waals surface area contributed by atoms with Gasteiger partial charge >= 0.3 is 0 Å². The predicted octanol–water partition coefficient (Wildman–Crippen LogP) is 3.11. The first-order valence-corrected chi connectivity index (χ1v) is 5.89. The Bertz CT molecular complexity index is 303. The van der Waals surface area contributed by atoms with Crippen molar-refractivity contribution in [3.8, 4) is 0 Å². The van der Waals surface area contributed by atoms with Crippen molar-refractivity contribution in [2.24, 2.45) is 0 Å². The Kier molecular flexibility index (Phi) is 4.97. The number of hydrogen-bond acceptors (Lipinski definition) is 2. The average molecular weight is 221 g/mol. The van der Waals surface area contributed by atoms with E-state index < -0.39 is 0 Å². The van der Waals surface area contributed by atoms with Crippen LogP contribution in [-0.2, 0) is 17.9 Å². The van der Waals surface area contributed by atoms with Crippen LogP contribution in [0.3, 0.4) is 0 Å². The molecule has 0 radical (unpaired) electrons. The molecule has 1 rings (SSSR count). The van der Waals surface area contributed by atoms with Gasteiger partial charge in [-0.05, 0) is 31.4 Å². The van der Waals surface area contributed by atoms with Crippen LogP contribution in [-0.4, -0.2) is 12.6 Å². The van der Waals surface area contributed by atoms with E-state index in [1.165, 1.54) is 11.1 Å². The zero-order chi connectivity index (χ0) is 12.0. The Morgan fingerprint density at radius 1 is 1.12 bits per heavy atom. The maximum Gasteiger partial charge on any atom is 0.0713 e. The van der Waals surface area contributed by atoms with E-state index >= 15 is 0 Å². The van der Waals surface area contributed by atoms with Crippen molar-refractivity contribution < 1.29 is 4.74 Å². The fraction of sp³-hybridized carbons (Fsp3) is 0.571. The standard InChI is InChI=1S/C14H23NO/c1-5-14(2,3)15-10-12-6-8-13(9-7-12)11-16-4/h6-9,15H,5,10-11H2,1-4H3. The molecule has 0 aromatic heterocycles. The van der Waals surface area contributed by atoms with Gasteiger partial charge in [-0.1, -0.05) is 31.2 Å². The van der Waals surface area contributed by atoms with Gasteiger partial charge in [-0.15, -0.1) is 0 Å². The Morgan fingerprint density at radius 3 is 2.19 bits per heavy atom. The highest BCUT2D eigenvalue weighted by molar-refractivity contribution is 5.22. The maximum absolute atomic E-state index is 5.08. The van der Waals surface area contributed by atoms with Gasteiger partial charge < -0.3 is 10.1 Å². The van der Waals surface area contributed by atoms with E-state index in [1.54, 1.807) is 7.11 Å². The quantitative estimate of drug-likeness (QED) is 0.797. The molecule has 1 aromatic rings. The van der Waals surface area contributed by atoms with Gasteiger partial charge in [-0.2, -0.15) is 0 Å². The smallest absolute Gasteiger partial charge is 0.0713 e. The van der Waals surface area contributed by atoms with Gasteiger partial charge in [0.2, 0.25) is 0 Å². The number of methoxy groups -OCH3 is 1. The number of ether oxygens (including phenoxy) is 1. The Hall–Kier alpha value is -0.860. The molecule has 0 amide bonds. The van der Waals surface area contributed by atoms with Gasteiger partial charge in [0, 0.05) is 19.2 Å². The van der Waals surface area contributed by atoms with Crippen molar-refractivity contribution >= 4 is 0 Å². The van der Waals surface area contributed by atoms with E-state index in [4.69, 9.17) is 4.74 Å². The van der Waals surface area contributed by atoms with E-state index in [1.807, 2.05) is 0 Å². The maximum atomic E-state index is 5.08. The number of rotatable bonds is 6. The highest BCUT2D eigenvalue weighted by atomic mass is 16.5. The highest BCUT2D eigenvalue weighted by Crippen LogP contribution is 2.10. The Balaban J connectivity index is 2.49. The minimum absolute atomic E-state index is 0.213. The van der Waals surface area contributed by atoms with Gasteiger partial charge in [0.25, 0.3) is 0 Å². The van der Waals surface area contributed by atoms with Crippen molar-refractivity contribution in [2.45, 2.75) is 45.9 Å². The minimum atomic E-state index is 0.213. The molecule has 1 aromatic carbocycles. The number of benzene rings is 1. The van der Waals surface area contributed by atoms with E-state index in [0.29, 0.717) is 6.61 Å². The summed E-state index contributed by atoms with van der Waals surface area (Å²) in [5.41, 5.74) is 2.76. The van der Waals surface area contributed by atoms with Crippen molar-refractivity contribution in [3.05, 3.63) is 35.4 Å². The largest absolute Gasteiger partial charge is 0.380 e. The monoisotopic (exact) mass is 221 g/mol. The topological polar surface area (TPSA) is 21.3 Å². The third kappa shape index (κ3) is 4.33. The second kappa shape index (κ2) is 6.02. The third-order valence-electron chi connectivity index (χ3n) is 2.99. The molecular formula is C14H23NO. The summed E-state index contributed by atoms with van der Waals surface area (Å²) in [6, 6.07) is 8.57.